The van der Waals surface area contributed by atoms with E-state index in [-0.39, 0.29) is 17.5 Å². The molecule has 1 aromatic heterocycles. The number of carbonyl (C=O) groups is 1. The molecule has 0 radical (unpaired) electrons. The van der Waals surface area contributed by atoms with Gasteiger partial charge in [-0.15, -0.1) is 0 Å². The molecule has 1 amide bonds. The summed E-state index contributed by atoms with van der Waals surface area (Å²) in [6, 6.07) is 16.2. The number of benzene rings is 2. The topological polar surface area (TPSA) is 36.1 Å². The Bertz CT molecular complexity index is 901. The maximum absolute atomic E-state index is 13.0. The van der Waals surface area contributed by atoms with Gasteiger partial charge in [-0.3, -0.25) is 4.79 Å². The molecule has 2 heterocycles. The summed E-state index contributed by atoms with van der Waals surface area (Å²) >= 11 is 0. The summed E-state index contributed by atoms with van der Waals surface area (Å²) < 4.78 is 0. The van der Waals surface area contributed by atoms with E-state index in [2.05, 4.69) is 44.0 Å². The van der Waals surface area contributed by atoms with Crippen LogP contribution in [0.15, 0.2) is 54.7 Å². The Labute approximate surface area is 135 Å². The molecule has 3 nitrogen and oxygen atoms in total. The molecule has 1 aliphatic rings. The summed E-state index contributed by atoms with van der Waals surface area (Å²) in [6.07, 6.45) is 2.05. The molecule has 0 saturated heterocycles. The molecule has 0 aliphatic carbocycles. The lowest BCUT2D eigenvalue weighted by molar-refractivity contribution is 0.0553. The van der Waals surface area contributed by atoms with Gasteiger partial charge in [-0.1, -0.05) is 36.4 Å². The first-order chi connectivity index (χ1) is 11.0. The number of hydrogen-bond acceptors (Lipinski definition) is 1. The third-order valence-corrected chi connectivity index (χ3v) is 4.60. The maximum atomic E-state index is 13.0. The summed E-state index contributed by atoms with van der Waals surface area (Å²) in [5.41, 5.74) is 3.93. The second kappa shape index (κ2) is 4.72. The zero-order valence-corrected chi connectivity index (χ0v) is 13.6. The van der Waals surface area contributed by atoms with E-state index < -0.39 is 0 Å². The fourth-order valence-electron chi connectivity index (χ4n) is 3.64. The van der Waals surface area contributed by atoms with Crippen molar-refractivity contribution in [1.82, 2.24) is 9.88 Å². The molecule has 23 heavy (non-hydrogen) atoms. The van der Waals surface area contributed by atoms with E-state index in [9.17, 15) is 4.79 Å². The molecule has 2 aromatic carbocycles. The second-order valence-corrected chi connectivity index (χ2v) is 7.13. The van der Waals surface area contributed by atoms with Gasteiger partial charge in [0.15, 0.2) is 0 Å². The first-order valence-electron chi connectivity index (χ1n) is 7.97. The lowest BCUT2D eigenvalue weighted by Crippen LogP contribution is -2.44. The van der Waals surface area contributed by atoms with E-state index in [1.807, 2.05) is 41.4 Å². The molecule has 0 unspecified atom stereocenters. The van der Waals surface area contributed by atoms with Crippen molar-refractivity contribution in [3.8, 4) is 0 Å². The van der Waals surface area contributed by atoms with Crippen molar-refractivity contribution in [2.24, 2.45) is 0 Å². The van der Waals surface area contributed by atoms with Crippen LogP contribution in [0.2, 0.25) is 0 Å². The molecule has 3 aromatic rings. The monoisotopic (exact) mass is 304 g/mol. The Hall–Kier alpha value is -2.55. The van der Waals surface area contributed by atoms with Crippen LogP contribution in [0.25, 0.3) is 10.9 Å². The van der Waals surface area contributed by atoms with E-state index in [0.717, 1.165) is 22.2 Å². The van der Waals surface area contributed by atoms with Gasteiger partial charge in [0.1, 0.15) is 0 Å². The summed E-state index contributed by atoms with van der Waals surface area (Å²) in [6.45, 7) is 6.29. The Morgan fingerprint density at radius 3 is 2.43 bits per heavy atom. The van der Waals surface area contributed by atoms with Gasteiger partial charge in [0.2, 0.25) is 0 Å². The molecule has 0 bridgehead atoms. The van der Waals surface area contributed by atoms with Crippen LogP contribution >= 0.6 is 0 Å². The van der Waals surface area contributed by atoms with E-state index in [1.54, 1.807) is 0 Å². The molecule has 0 fully saturated rings. The molecule has 1 atom stereocenters. The number of aromatic nitrogens is 1. The molecule has 116 valence electrons. The number of fused-ring (bicyclic) bond motifs is 2. The number of nitrogens with one attached hydrogen (secondary N) is 1. The summed E-state index contributed by atoms with van der Waals surface area (Å²) in [7, 11) is 0. The van der Waals surface area contributed by atoms with Crippen LogP contribution in [0.5, 0.6) is 0 Å². The Morgan fingerprint density at radius 2 is 1.65 bits per heavy atom. The molecule has 1 aliphatic heterocycles. The first kappa shape index (κ1) is 14.1. The highest BCUT2D eigenvalue weighted by Crippen LogP contribution is 2.44. The van der Waals surface area contributed by atoms with Gasteiger partial charge >= 0.3 is 0 Å². The average Bonchev–Trinajstić information content (AvgIpc) is 3.06. The van der Waals surface area contributed by atoms with Crippen LogP contribution in [0.4, 0.5) is 0 Å². The van der Waals surface area contributed by atoms with Gasteiger partial charge in [-0.05, 0) is 38.5 Å². The highest BCUT2D eigenvalue weighted by Gasteiger charge is 2.43. The first-order valence-corrected chi connectivity index (χ1v) is 7.97. The Morgan fingerprint density at radius 1 is 0.957 bits per heavy atom. The minimum absolute atomic E-state index is 0.0464. The second-order valence-electron chi connectivity index (χ2n) is 7.13. The van der Waals surface area contributed by atoms with Gasteiger partial charge in [-0.25, -0.2) is 0 Å². The van der Waals surface area contributed by atoms with Crippen LogP contribution in [-0.2, 0) is 0 Å². The number of amides is 1. The molecular weight excluding hydrogens is 284 g/mol. The number of hydrogen-bond donors (Lipinski definition) is 1. The molecule has 3 heteroatoms. The van der Waals surface area contributed by atoms with Gasteiger partial charge in [0, 0.05) is 33.8 Å². The third kappa shape index (κ3) is 2.00. The van der Waals surface area contributed by atoms with Crippen LogP contribution in [0, 0.1) is 0 Å². The predicted octanol–water partition coefficient (Wildman–Crippen LogP) is 4.51. The number of H-pyrrole nitrogens is 1. The highest BCUT2D eigenvalue weighted by atomic mass is 16.2. The summed E-state index contributed by atoms with van der Waals surface area (Å²) in [5, 5.41) is 1.18. The van der Waals surface area contributed by atoms with Crippen molar-refractivity contribution in [3.05, 3.63) is 71.4 Å². The van der Waals surface area contributed by atoms with Crippen molar-refractivity contribution in [1.29, 1.82) is 0 Å². The predicted molar refractivity (Wildman–Crippen MR) is 92.5 cm³/mol. The maximum Gasteiger partial charge on any atom is 0.255 e. The normalized spacial score (nSPS) is 17.8. The van der Waals surface area contributed by atoms with E-state index in [4.69, 9.17) is 0 Å². The average molecular weight is 304 g/mol. The third-order valence-electron chi connectivity index (χ3n) is 4.60. The minimum atomic E-state index is -0.251. The minimum Gasteiger partial charge on any atom is -0.361 e. The molecule has 0 spiro atoms. The van der Waals surface area contributed by atoms with Gasteiger partial charge < -0.3 is 9.88 Å². The zero-order valence-electron chi connectivity index (χ0n) is 13.6. The van der Waals surface area contributed by atoms with Crippen molar-refractivity contribution >= 4 is 16.8 Å². The number of para-hydroxylation sites is 1. The van der Waals surface area contributed by atoms with Gasteiger partial charge in [-0.2, -0.15) is 0 Å². The lowest BCUT2D eigenvalue weighted by Gasteiger charge is -2.37. The number of aromatic amines is 1. The molecule has 4 rings (SSSR count). The number of rotatable bonds is 1. The van der Waals surface area contributed by atoms with E-state index >= 15 is 0 Å². The van der Waals surface area contributed by atoms with Crippen molar-refractivity contribution in [2.45, 2.75) is 32.4 Å². The van der Waals surface area contributed by atoms with Crippen molar-refractivity contribution in [2.75, 3.05) is 0 Å². The highest BCUT2D eigenvalue weighted by molar-refractivity contribution is 6.01. The van der Waals surface area contributed by atoms with Crippen molar-refractivity contribution in [3.63, 3.8) is 0 Å². The molecular formula is C20H20N2O. The van der Waals surface area contributed by atoms with Crippen molar-refractivity contribution < 1.29 is 4.79 Å². The van der Waals surface area contributed by atoms with Crippen LogP contribution in [-0.4, -0.2) is 21.3 Å². The van der Waals surface area contributed by atoms with E-state index in [0.29, 0.717) is 0 Å². The molecule has 1 N–H and O–H groups in total. The van der Waals surface area contributed by atoms with Gasteiger partial charge in [0.05, 0.1) is 6.04 Å². The smallest absolute Gasteiger partial charge is 0.255 e. The molecule has 0 saturated carbocycles. The number of nitrogens with zero attached hydrogens (tertiary/aromatic N) is 1. The SMILES string of the molecule is CC(C)(C)N1C(=O)c2ccccc2[C@H]1c1c[nH]c2ccccc12. The summed E-state index contributed by atoms with van der Waals surface area (Å²) in [5.74, 6) is 0.114. The summed E-state index contributed by atoms with van der Waals surface area (Å²) in [4.78, 5) is 18.4. The van der Waals surface area contributed by atoms with Crippen LogP contribution in [0.1, 0.15) is 48.3 Å². The van der Waals surface area contributed by atoms with Crippen LogP contribution < -0.4 is 0 Å². The Kier molecular flexibility index (Phi) is 2.89. The van der Waals surface area contributed by atoms with E-state index in [1.165, 1.54) is 5.39 Å². The zero-order chi connectivity index (χ0) is 16.2. The standard InChI is InChI=1S/C20H20N2O/c1-20(2,3)22-18(14-9-4-5-10-15(14)19(22)23)16-12-21-17-11-7-6-8-13(16)17/h4-12,18,21H,1-3H3/t18-/m0/s1. The number of carbonyl (C=O) groups excluding carboxylic acids is 1. The fourth-order valence-corrected chi connectivity index (χ4v) is 3.64. The Balaban J connectivity index is 1.99. The quantitative estimate of drug-likeness (QED) is 0.705. The van der Waals surface area contributed by atoms with Gasteiger partial charge in [0.25, 0.3) is 5.91 Å². The largest absolute Gasteiger partial charge is 0.361 e. The lowest BCUT2D eigenvalue weighted by atomic mass is 9.95. The fraction of sp³-hybridized carbons (Fsp3) is 0.250. The van der Waals surface area contributed by atoms with Crippen LogP contribution in [0.3, 0.4) is 0 Å².